The molecule has 3 nitrogen and oxygen atoms in total. The van der Waals surface area contributed by atoms with E-state index >= 15 is 0 Å². The molecule has 3 heteroatoms. The third-order valence-electron chi connectivity index (χ3n) is 8.45. The zero-order valence-electron chi connectivity index (χ0n) is 23.2. The summed E-state index contributed by atoms with van der Waals surface area (Å²) in [6.45, 7) is 0. The molecule has 0 spiro atoms. The molecule has 0 atom stereocenters. The SMILES string of the molecule is c1ccc(-c2ccc3ccc4ccc(-c5cccc6oc7c8ccccc8c(-c8ccccc8)cc7c56)nc4c3n2)cc1. The Morgan fingerprint density at radius 1 is 0.419 bits per heavy atom. The van der Waals surface area contributed by atoms with E-state index in [4.69, 9.17) is 14.4 Å². The molecule has 0 saturated carbocycles. The van der Waals surface area contributed by atoms with Crippen LogP contribution in [0.4, 0.5) is 0 Å². The lowest BCUT2D eigenvalue weighted by atomic mass is 9.94. The van der Waals surface area contributed by atoms with E-state index in [1.165, 1.54) is 16.5 Å². The Morgan fingerprint density at radius 2 is 1.02 bits per heavy atom. The Hall–Kier alpha value is -5.80. The van der Waals surface area contributed by atoms with Gasteiger partial charge >= 0.3 is 0 Å². The van der Waals surface area contributed by atoms with Gasteiger partial charge in [-0.25, -0.2) is 9.97 Å². The molecule has 9 aromatic rings. The van der Waals surface area contributed by atoms with E-state index in [1.807, 2.05) is 18.2 Å². The zero-order valence-corrected chi connectivity index (χ0v) is 23.2. The summed E-state index contributed by atoms with van der Waals surface area (Å²) in [4.78, 5) is 10.4. The van der Waals surface area contributed by atoms with Gasteiger partial charge in [0.25, 0.3) is 0 Å². The predicted molar refractivity (Wildman–Crippen MR) is 178 cm³/mol. The van der Waals surface area contributed by atoms with Gasteiger partial charge in [-0.2, -0.15) is 0 Å². The first-order valence-electron chi connectivity index (χ1n) is 14.5. The van der Waals surface area contributed by atoms with Gasteiger partial charge in [-0.05, 0) is 40.8 Å². The van der Waals surface area contributed by atoms with E-state index < -0.39 is 0 Å². The number of hydrogen-bond acceptors (Lipinski definition) is 3. The Morgan fingerprint density at radius 3 is 1.77 bits per heavy atom. The molecular weight excluding hydrogens is 524 g/mol. The van der Waals surface area contributed by atoms with Gasteiger partial charge < -0.3 is 4.42 Å². The van der Waals surface area contributed by atoms with Crippen LogP contribution in [0.15, 0.2) is 150 Å². The first-order valence-corrected chi connectivity index (χ1v) is 14.5. The monoisotopic (exact) mass is 548 g/mol. The Bertz CT molecular complexity index is 2500. The summed E-state index contributed by atoms with van der Waals surface area (Å²) in [5.74, 6) is 0. The number of nitrogens with zero attached hydrogens (tertiary/aromatic N) is 2. The van der Waals surface area contributed by atoms with Crippen LogP contribution in [0, 0.1) is 0 Å². The highest BCUT2D eigenvalue weighted by Gasteiger charge is 2.18. The van der Waals surface area contributed by atoms with Crippen molar-refractivity contribution in [2.45, 2.75) is 0 Å². The molecule has 0 aliphatic heterocycles. The van der Waals surface area contributed by atoms with Crippen molar-refractivity contribution in [2.24, 2.45) is 0 Å². The second-order valence-corrected chi connectivity index (χ2v) is 11.0. The summed E-state index contributed by atoms with van der Waals surface area (Å²) < 4.78 is 6.60. The topological polar surface area (TPSA) is 38.9 Å². The summed E-state index contributed by atoms with van der Waals surface area (Å²) in [6.07, 6.45) is 0. The van der Waals surface area contributed by atoms with Crippen LogP contribution in [-0.2, 0) is 0 Å². The molecule has 0 fully saturated rings. The number of fused-ring (bicyclic) bond motifs is 8. The summed E-state index contributed by atoms with van der Waals surface area (Å²) in [5, 5.41) is 6.59. The van der Waals surface area contributed by atoms with Crippen LogP contribution in [-0.4, -0.2) is 9.97 Å². The van der Waals surface area contributed by atoms with Gasteiger partial charge in [0, 0.05) is 38.1 Å². The summed E-state index contributed by atoms with van der Waals surface area (Å²) in [5.41, 5.74) is 9.91. The number of rotatable bonds is 3. The minimum atomic E-state index is 0.854. The van der Waals surface area contributed by atoms with Crippen LogP contribution in [0.1, 0.15) is 0 Å². The number of hydrogen-bond donors (Lipinski definition) is 0. The summed E-state index contributed by atoms with van der Waals surface area (Å²) >= 11 is 0. The second kappa shape index (κ2) is 9.37. The van der Waals surface area contributed by atoms with Gasteiger partial charge in [-0.1, -0.05) is 121 Å². The van der Waals surface area contributed by atoms with Crippen molar-refractivity contribution < 1.29 is 4.42 Å². The fourth-order valence-corrected chi connectivity index (χ4v) is 6.41. The molecule has 0 radical (unpaired) electrons. The van der Waals surface area contributed by atoms with Crippen molar-refractivity contribution in [3.63, 3.8) is 0 Å². The average Bonchev–Trinajstić information content (AvgIpc) is 3.47. The summed E-state index contributed by atoms with van der Waals surface area (Å²) in [6, 6.07) is 50.7. The first-order chi connectivity index (χ1) is 21.3. The highest BCUT2D eigenvalue weighted by molar-refractivity contribution is 6.22. The van der Waals surface area contributed by atoms with Crippen molar-refractivity contribution in [3.05, 3.63) is 146 Å². The van der Waals surface area contributed by atoms with Gasteiger partial charge in [0.2, 0.25) is 0 Å². The molecule has 0 saturated heterocycles. The molecule has 0 N–H and O–H groups in total. The van der Waals surface area contributed by atoms with Crippen LogP contribution >= 0.6 is 0 Å². The van der Waals surface area contributed by atoms with E-state index in [9.17, 15) is 0 Å². The fraction of sp³-hybridized carbons (Fsp3) is 0. The molecule has 3 heterocycles. The maximum Gasteiger partial charge on any atom is 0.143 e. The van der Waals surface area contributed by atoms with Crippen molar-refractivity contribution >= 4 is 54.5 Å². The van der Waals surface area contributed by atoms with E-state index in [0.717, 1.165) is 71.6 Å². The predicted octanol–water partition coefficient (Wildman–Crippen LogP) is 10.8. The van der Waals surface area contributed by atoms with Crippen molar-refractivity contribution in [3.8, 4) is 33.6 Å². The second-order valence-electron chi connectivity index (χ2n) is 11.0. The van der Waals surface area contributed by atoms with Crippen LogP contribution < -0.4 is 0 Å². The lowest BCUT2D eigenvalue weighted by molar-refractivity contribution is 0.673. The van der Waals surface area contributed by atoms with Gasteiger partial charge in [-0.3, -0.25) is 0 Å². The molecule has 43 heavy (non-hydrogen) atoms. The molecule has 0 aliphatic rings. The minimum Gasteiger partial charge on any atom is -0.455 e. The van der Waals surface area contributed by atoms with Crippen molar-refractivity contribution in [1.82, 2.24) is 9.97 Å². The van der Waals surface area contributed by atoms with E-state index in [-0.39, 0.29) is 0 Å². The highest BCUT2D eigenvalue weighted by Crippen LogP contribution is 2.43. The first kappa shape index (κ1) is 23.9. The molecule has 0 amide bonds. The van der Waals surface area contributed by atoms with Crippen LogP contribution in [0.3, 0.4) is 0 Å². The van der Waals surface area contributed by atoms with Crippen LogP contribution in [0.2, 0.25) is 0 Å². The Labute approximate surface area is 247 Å². The largest absolute Gasteiger partial charge is 0.455 e. The third kappa shape index (κ3) is 3.75. The Balaban J connectivity index is 1.32. The average molecular weight is 549 g/mol. The highest BCUT2D eigenvalue weighted by atomic mass is 16.3. The third-order valence-corrected chi connectivity index (χ3v) is 8.45. The number of furan rings is 1. The molecular formula is C40H24N2O. The van der Waals surface area contributed by atoms with E-state index in [2.05, 4.69) is 127 Å². The van der Waals surface area contributed by atoms with E-state index in [0.29, 0.717) is 0 Å². The molecule has 9 rings (SSSR count). The molecule has 0 aliphatic carbocycles. The molecule has 3 aromatic heterocycles. The minimum absolute atomic E-state index is 0.854. The normalized spacial score (nSPS) is 11.7. The number of aromatic nitrogens is 2. The standard InChI is InChI=1S/C40H24N2O/c1-3-10-25(11-4-1)32-24-33-37-31(16-9-17-36(37)43-40(33)30-15-8-7-14-29(30)32)35-23-21-28-19-18-27-20-22-34(26-12-5-2-6-13-26)41-38(27)39(28)42-35/h1-24H. The maximum absolute atomic E-state index is 6.60. The molecule has 0 unspecified atom stereocenters. The summed E-state index contributed by atoms with van der Waals surface area (Å²) in [7, 11) is 0. The maximum atomic E-state index is 6.60. The van der Waals surface area contributed by atoms with Gasteiger partial charge in [0.05, 0.1) is 22.4 Å². The molecule has 0 bridgehead atoms. The van der Waals surface area contributed by atoms with Crippen LogP contribution in [0.5, 0.6) is 0 Å². The fourth-order valence-electron chi connectivity index (χ4n) is 6.41. The van der Waals surface area contributed by atoms with Gasteiger partial charge in [0.1, 0.15) is 11.2 Å². The van der Waals surface area contributed by atoms with Gasteiger partial charge in [-0.15, -0.1) is 0 Å². The van der Waals surface area contributed by atoms with Crippen molar-refractivity contribution in [1.29, 1.82) is 0 Å². The zero-order chi connectivity index (χ0) is 28.3. The van der Waals surface area contributed by atoms with Gasteiger partial charge in [0.15, 0.2) is 0 Å². The van der Waals surface area contributed by atoms with E-state index in [1.54, 1.807) is 0 Å². The van der Waals surface area contributed by atoms with Crippen molar-refractivity contribution in [2.75, 3.05) is 0 Å². The smallest absolute Gasteiger partial charge is 0.143 e. The Kier molecular flexibility index (Phi) is 5.20. The number of pyridine rings is 2. The molecule has 6 aromatic carbocycles. The number of benzene rings is 6. The lowest BCUT2D eigenvalue weighted by Crippen LogP contribution is -1.91. The quantitative estimate of drug-likeness (QED) is 0.206. The molecule has 200 valence electrons. The van der Waals surface area contributed by atoms with Crippen LogP contribution in [0.25, 0.3) is 88.2 Å². The lowest BCUT2D eigenvalue weighted by Gasteiger charge is -2.10.